The van der Waals surface area contributed by atoms with E-state index in [1.54, 1.807) is 32.4 Å². The fourth-order valence-corrected chi connectivity index (χ4v) is 2.56. The summed E-state index contributed by atoms with van der Waals surface area (Å²) in [5.41, 5.74) is 7.06. The average molecular weight is 362 g/mol. The third-order valence-electron chi connectivity index (χ3n) is 4.88. The van der Waals surface area contributed by atoms with E-state index in [2.05, 4.69) is 4.99 Å². The van der Waals surface area contributed by atoms with Crippen molar-refractivity contribution >= 4 is 24.4 Å². The Labute approximate surface area is 155 Å². The van der Waals surface area contributed by atoms with Crippen molar-refractivity contribution in [1.82, 2.24) is 0 Å². The average Bonchev–Trinajstić information content (AvgIpc) is 2.76. The van der Waals surface area contributed by atoms with E-state index in [9.17, 15) is 4.39 Å². The highest BCUT2D eigenvalue weighted by molar-refractivity contribution is 6.62. The van der Waals surface area contributed by atoms with Crippen molar-refractivity contribution in [2.24, 2.45) is 10.7 Å². The quantitative estimate of drug-likeness (QED) is 0.480. The Kier molecular flexibility index (Phi) is 6.27. The molecular formula is C19H28BFN2O3. The van der Waals surface area contributed by atoms with Gasteiger partial charge in [-0.2, -0.15) is 0 Å². The van der Waals surface area contributed by atoms with Crippen molar-refractivity contribution in [3.05, 3.63) is 35.3 Å². The summed E-state index contributed by atoms with van der Waals surface area (Å²) in [4.78, 5) is 4.23. The van der Waals surface area contributed by atoms with Crippen LogP contribution in [0.3, 0.4) is 0 Å². The van der Waals surface area contributed by atoms with Gasteiger partial charge in [0.1, 0.15) is 5.82 Å². The van der Waals surface area contributed by atoms with Crippen LogP contribution in [0.5, 0.6) is 0 Å². The first-order valence-electron chi connectivity index (χ1n) is 8.69. The van der Waals surface area contributed by atoms with Gasteiger partial charge in [-0.25, -0.2) is 4.39 Å². The molecule has 0 aromatic heterocycles. The normalized spacial score (nSPS) is 19.9. The largest absolute Gasteiger partial charge is 0.494 e. The molecule has 7 heteroatoms. The van der Waals surface area contributed by atoms with E-state index in [1.165, 1.54) is 6.07 Å². The summed E-state index contributed by atoms with van der Waals surface area (Å²) in [6.45, 7) is 10.6. The molecule has 0 aliphatic carbocycles. The summed E-state index contributed by atoms with van der Waals surface area (Å²) in [7, 11) is 1.000. The summed E-state index contributed by atoms with van der Waals surface area (Å²) in [6, 6.07) is 4.92. The van der Waals surface area contributed by atoms with Gasteiger partial charge in [-0.15, -0.1) is 0 Å². The lowest BCUT2D eigenvalue weighted by Gasteiger charge is -2.32. The summed E-state index contributed by atoms with van der Waals surface area (Å²) >= 11 is 0. The van der Waals surface area contributed by atoms with Crippen molar-refractivity contribution in [2.75, 3.05) is 20.3 Å². The smallest absolute Gasteiger partial charge is 0.402 e. The molecule has 0 radical (unpaired) electrons. The molecule has 1 fully saturated rings. The molecule has 1 heterocycles. The Hall–Kier alpha value is -1.70. The number of hydrogen-bond donors (Lipinski definition) is 1. The minimum absolute atomic E-state index is 0.393. The van der Waals surface area contributed by atoms with Crippen molar-refractivity contribution in [3.8, 4) is 0 Å². The van der Waals surface area contributed by atoms with Crippen LogP contribution in [0, 0.1) is 5.82 Å². The van der Waals surface area contributed by atoms with Gasteiger partial charge in [-0.3, -0.25) is 4.99 Å². The van der Waals surface area contributed by atoms with Crippen LogP contribution in [0.15, 0.2) is 28.9 Å². The number of benzene rings is 1. The summed E-state index contributed by atoms with van der Waals surface area (Å²) in [5.74, 6) is -0.393. The second kappa shape index (κ2) is 7.90. The number of halogens is 1. The molecule has 1 aliphatic rings. The maximum atomic E-state index is 14.8. The number of nitrogens with zero attached hydrogens (tertiary/aromatic N) is 1. The fourth-order valence-electron chi connectivity index (χ4n) is 2.56. The molecule has 1 saturated heterocycles. The summed E-state index contributed by atoms with van der Waals surface area (Å²) in [5, 5.41) is 0. The van der Waals surface area contributed by atoms with Crippen LogP contribution in [0.1, 0.15) is 40.2 Å². The van der Waals surface area contributed by atoms with Gasteiger partial charge in [0, 0.05) is 30.2 Å². The molecule has 5 nitrogen and oxygen atoms in total. The molecule has 0 saturated carbocycles. The van der Waals surface area contributed by atoms with Gasteiger partial charge in [0.05, 0.1) is 24.4 Å². The second-order valence-electron chi connectivity index (χ2n) is 7.45. The molecule has 0 atom stereocenters. The zero-order valence-corrected chi connectivity index (χ0v) is 16.4. The van der Waals surface area contributed by atoms with Gasteiger partial charge in [0.25, 0.3) is 0 Å². The Bertz CT molecular complexity index is 697. The van der Waals surface area contributed by atoms with Crippen LogP contribution in [-0.2, 0) is 14.0 Å². The Balaban J connectivity index is 2.27. The number of aliphatic imine (C=N–C) groups is 1. The third kappa shape index (κ3) is 4.34. The standard InChI is InChI=1S/C19H28BFN2O3/c1-13(22)16(12-23-9-10-24-6)15-8-7-14(11-17(15)21)20-25-18(2,3)19(4,5)26-20/h7-8,11-12H,9-10,22H2,1-6H3/b16-13+,23-12?. The number of allylic oxidation sites excluding steroid dienone is 2. The van der Waals surface area contributed by atoms with Crippen molar-refractivity contribution in [3.63, 3.8) is 0 Å². The van der Waals surface area contributed by atoms with E-state index in [0.717, 1.165) is 0 Å². The van der Waals surface area contributed by atoms with Crippen LogP contribution < -0.4 is 11.2 Å². The topological polar surface area (TPSA) is 66.1 Å². The van der Waals surface area contributed by atoms with Gasteiger partial charge in [0.15, 0.2) is 0 Å². The molecule has 142 valence electrons. The highest BCUT2D eigenvalue weighted by atomic mass is 19.1. The molecule has 1 aromatic carbocycles. The first-order chi connectivity index (χ1) is 12.1. The maximum Gasteiger partial charge on any atom is 0.494 e. The Morgan fingerprint density at radius 1 is 1.27 bits per heavy atom. The molecule has 1 aromatic rings. The summed E-state index contributed by atoms with van der Waals surface area (Å²) in [6.07, 6.45) is 1.58. The van der Waals surface area contributed by atoms with Gasteiger partial charge >= 0.3 is 7.12 Å². The lowest BCUT2D eigenvalue weighted by Crippen LogP contribution is -2.41. The minimum atomic E-state index is -0.606. The number of methoxy groups -OCH3 is 1. The van der Waals surface area contributed by atoms with Crippen LogP contribution in [0.4, 0.5) is 4.39 Å². The summed E-state index contributed by atoms with van der Waals surface area (Å²) < 4.78 is 31.7. The molecule has 0 spiro atoms. The van der Waals surface area contributed by atoms with Crippen molar-refractivity contribution in [2.45, 2.75) is 45.8 Å². The highest BCUT2D eigenvalue weighted by Gasteiger charge is 2.51. The first kappa shape index (κ1) is 20.6. The van der Waals surface area contributed by atoms with E-state index in [0.29, 0.717) is 35.4 Å². The molecule has 0 bridgehead atoms. The van der Waals surface area contributed by atoms with Gasteiger partial charge in [-0.1, -0.05) is 12.1 Å². The number of nitrogens with two attached hydrogens (primary N) is 1. The Morgan fingerprint density at radius 3 is 2.38 bits per heavy atom. The maximum absolute atomic E-state index is 14.8. The minimum Gasteiger partial charge on any atom is -0.402 e. The molecule has 0 unspecified atom stereocenters. The number of hydrogen-bond acceptors (Lipinski definition) is 5. The van der Waals surface area contributed by atoms with E-state index in [-0.39, 0.29) is 0 Å². The predicted molar refractivity (Wildman–Crippen MR) is 104 cm³/mol. The zero-order chi connectivity index (χ0) is 19.5. The van der Waals surface area contributed by atoms with Gasteiger partial charge in [-0.05, 0) is 46.1 Å². The van der Waals surface area contributed by atoms with Crippen LogP contribution in [0.25, 0.3) is 5.57 Å². The molecule has 2 rings (SSSR count). The third-order valence-corrected chi connectivity index (χ3v) is 4.88. The fraction of sp³-hybridized carbons (Fsp3) is 0.526. The van der Waals surface area contributed by atoms with Gasteiger partial charge < -0.3 is 19.8 Å². The zero-order valence-electron chi connectivity index (χ0n) is 16.4. The van der Waals surface area contributed by atoms with Crippen LogP contribution in [0.2, 0.25) is 0 Å². The van der Waals surface area contributed by atoms with Crippen LogP contribution >= 0.6 is 0 Å². The van der Waals surface area contributed by atoms with E-state index in [1.807, 2.05) is 27.7 Å². The van der Waals surface area contributed by atoms with Gasteiger partial charge in [0.2, 0.25) is 0 Å². The lowest BCUT2D eigenvalue weighted by molar-refractivity contribution is 0.00578. The lowest BCUT2D eigenvalue weighted by atomic mass is 9.78. The molecule has 0 amide bonds. The van der Waals surface area contributed by atoms with E-state index >= 15 is 0 Å². The Morgan fingerprint density at radius 2 is 1.88 bits per heavy atom. The molecular weight excluding hydrogens is 334 g/mol. The SMILES string of the molecule is COCCN=C/C(=C(/C)N)c1ccc(B2OC(C)(C)C(C)(C)O2)cc1F. The number of ether oxygens (including phenoxy) is 1. The van der Waals surface area contributed by atoms with E-state index < -0.39 is 24.1 Å². The predicted octanol–water partition coefficient (Wildman–Crippen LogP) is 2.53. The van der Waals surface area contributed by atoms with Crippen LogP contribution in [-0.4, -0.2) is 44.8 Å². The van der Waals surface area contributed by atoms with Crippen molar-refractivity contribution in [1.29, 1.82) is 0 Å². The number of rotatable bonds is 6. The molecule has 26 heavy (non-hydrogen) atoms. The first-order valence-corrected chi connectivity index (χ1v) is 8.69. The molecule has 2 N–H and O–H groups in total. The monoisotopic (exact) mass is 362 g/mol. The van der Waals surface area contributed by atoms with E-state index in [4.69, 9.17) is 19.8 Å². The highest BCUT2D eigenvalue weighted by Crippen LogP contribution is 2.36. The van der Waals surface area contributed by atoms with Crippen molar-refractivity contribution < 1.29 is 18.4 Å². The second-order valence-corrected chi connectivity index (χ2v) is 7.45. The molecule has 1 aliphatic heterocycles.